The highest BCUT2D eigenvalue weighted by molar-refractivity contribution is 7.80. The van der Waals surface area contributed by atoms with E-state index in [1.165, 1.54) is 16.7 Å². The van der Waals surface area contributed by atoms with Gasteiger partial charge in [-0.15, -0.1) is 0 Å². The van der Waals surface area contributed by atoms with E-state index in [1.54, 1.807) is 0 Å². The monoisotopic (exact) mass is 339 g/mol. The van der Waals surface area contributed by atoms with Crippen molar-refractivity contribution in [2.75, 3.05) is 5.32 Å². The average molecular weight is 339 g/mol. The SMILES string of the molecule is Cc1ccc(NC(=S)NNC(=O)[C@@H]2C[C@H]2c2ccc(C)cc2)cc1. The van der Waals surface area contributed by atoms with Crippen molar-refractivity contribution in [3.63, 3.8) is 0 Å². The maximum absolute atomic E-state index is 12.2. The molecule has 1 aliphatic rings. The van der Waals surface area contributed by atoms with E-state index in [0.717, 1.165) is 12.1 Å². The summed E-state index contributed by atoms with van der Waals surface area (Å²) in [6.07, 6.45) is 0.884. The summed E-state index contributed by atoms with van der Waals surface area (Å²) in [5.41, 5.74) is 9.99. The number of hydrazine groups is 1. The van der Waals surface area contributed by atoms with E-state index >= 15 is 0 Å². The number of hydrogen-bond acceptors (Lipinski definition) is 2. The number of thiocarbonyl (C=S) groups is 1. The van der Waals surface area contributed by atoms with E-state index in [0.29, 0.717) is 11.0 Å². The lowest BCUT2D eigenvalue weighted by molar-refractivity contribution is -0.122. The standard InChI is InChI=1S/C19H21N3OS/c1-12-3-7-14(8-4-12)16-11-17(16)18(23)21-22-19(24)20-15-9-5-13(2)6-10-15/h3-10,16-17H,11H2,1-2H3,(H,21,23)(H2,20,22,24)/t16-,17+/m0/s1. The predicted octanol–water partition coefficient (Wildman–Crippen LogP) is 3.42. The number of benzene rings is 2. The molecule has 3 N–H and O–H groups in total. The van der Waals surface area contributed by atoms with E-state index in [9.17, 15) is 4.79 Å². The lowest BCUT2D eigenvalue weighted by atomic mass is 10.1. The lowest BCUT2D eigenvalue weighted by Gasteiger charge is -2.11. The van der Waals surface area contributed by atoms with Crippen LogP contribution in [0.25, 0.3) is 0 Å². The second kappa shape index (κ2) is 7.01. The molecule has 0 unspecified atom stereocenters. The third kappa shape index (κ3) is 4.11. The first-order valence-electron chi connectivity index (χ1n) is 8.03. The summed E-state index contributed by atoms with van der Waals surface area (Å²) < 4.78 is 0. The van der Waals surface area contributed by atoms with E-state index in [1.807, 2.05) is 31.2 Å². The third-order valence-electron chi connectivity index (χ3n) is 4.24. The Labute approximate surface area is 147 Å². The molecule has 5 heteroatoms. The van der Waals surface area contributed by atoms with Gasteiger partial charge in [0.1, 0.15) is 0 Å². The van der Waals surface area contributed by atoms with Crippen LogP contribution < -0.4 is 16.2 Å². The number of rotatable bonds is 3. The third-order valence-corrected chi connectivity index (χ3v) is 4.45. The molecule has 124 valence electrons. The van der Waals surface area contributed by atoms with Crippen LogP contribution >= 0.6 is 12.2 Å². The van der Waals surface area contributed by atoms with Crippen LogP contribution in [0.1, 0.15) is 29.0 Å². The van der Waals surface area contributed by atoms with Gasteiger partial charge in [-0.25, -0.2) is 0 Å². The molecule has 1 fully saturated rings. The van der Waals surface area contributed by atoms with Gasteiger partial charge in [0.25, 0.3) is 0 Å². The Balaban J connectivity index is 1.45. The van der Waals surface area contributed by atoms with Crippen LogP contribution in [0.2, 0.25) is 0 Å². The molecule has 2 aromatic carbocycles. The molecule has 4 nitrogen and oxygen atoms in total. The van der Waals surface area contributed by atoms with Crippen LogP contribution in [0.15, 0.2) is 48.5 Å². The lowest BCUT2D eigenvalue weighted by Crippen LogP contribution is -2.44. The molecule has 1 saturated carbocycles. The highest BCUT2D eigenvalue weighted by atomic mass is 32.1. The highest BCUT2D eigenvalue weighted by Gasteiger charge is 2.43. The van der Waals surface area contributed by atoms with Gasteiger partial charge in [-0.05, 0) is 56.1 Å². The summed E-state index contributed by atoms with van der Waals surface area (Å²) in [4.78, 5) is 12.2. The minimum absolute atomic E-state index is 0.0161. The molecule has 0 radical (unpaired) electrons. The summed E-state index contributed by atoms with van der Waals surface area (Å²) in [5, 5.41) is 3.41. The quantitative estimate of drug-likeness (QED) is 0.592. The van der Waals surface area contributed by atoms with Gasteiger partial charge in [0, 0.05) is 11.6 Å². The number of carbonyl (C=O) groups is 1. The fourth-order valence-corrected chi connectivity index (χ4v) is 2.85. The van der Waals surface area contributed by atoms with Gasteiger partial charge in [0.15, 0.2) is 5.11 Å². The van der Waals surface area contributed by atoms with E-state index in [4.69, 9.17) is 12.2 Å². The first-order valence-corrected chi connectivity index (χ1v) is 8.44. The summed E-state index contributed by atoms with van der Waals surface area (Å²) in [6, 6.07) is 16.3. The van der Waals surface area contributed by atoms with Gasteiger partial charge in [0.05, 0.1) is 0 Å². The number of aryl methyl sites for hydroxylation is 2. The summed E-state index contributed by atoms with van der Waals surface area (Å²) in [5.74, 6) is 0.307. The number of amides is 1. The maximum atomic E-state index is 12.2. The van der Waals surface area contributed by atoms with E-state index in [-0.39, 0.29) is 11.8 Å². The van der Waals surface area contributed by atoms with Crippen molar-refractivity contribution in [2.45, 2.75) is 26.2 Å². The zero-order valence-corrected chi connectivity index (χ0v) is 14.6. The Hall–Kier alpha value is -2.40. The highest BCUT2D eigenvalue weighted by Crippen LogP contribution is 2.47. The largest absolute Gasteiger partial charge is 0.331 e. The van der Waals surface area contributed by atoms with Gasteiger partial charge in [-0.1, -0.05) is 47.5 Å². The fourth-order valence-electron chi connectivity index (χ4n) is 2.68. The van der Waals surface area contributed by atoms with Crippen LogP contribution in [0, 0.1) is 19.8 Å². The van der Waals surface area contributed by atoms with Crippen molar-refractivity contribution in [1.82, 2.24) is 10.9 Å². The molecule has 24 heavy (non-hydrogen) atoms. The molecule has 3 rings (SSSR count). The molecule has 2 atom stereocenters. The van der Waals surface area contributed by atoms with Gasteiger partial charge >= 0.3 is 0 Å². The molecule has 0 spiro atoms. The molecule has 2 aromatic rings. The van der Waals surface area contributed by atoms with Crippen LogP contribution in [0.3, 0.4) is 0 Å². The topological polar surface area (TPSA) is 53.2 Å². The first-order chi connectivity index (χ1) is 11.5. The van der Waals surface area contributed by atoms with Gasteiger partial charge in [0.2, 0.25) is 5.91 Å². The Kier molecular flexibility index (Phi) is 4.81. The van der Waals surface area contributed by atoms with Crippen molar-refractivity contribution in [2.24, 2.45) is 5.92 Å². The van der Waals surface area contributed by atoms with Crippen LogP contribution in [0.5, 0.6) is 0 Å². The molecule has 0 aromatic heterocycles. The molecule has 0 aliphatic heterocycles. The average Bonchev–Trinajstić information content (AvgIpc) is 3.36. The Morgan fingerprint density at radius 1 is 0.958 bits per heavy atom. The number of anilines is 1. The summed E-state index contributed by atoms with van der Waals surface area (Å²) in [7, 11) is 0. The number of nitrogens with one attached hydrogen (secondary N) is 3. The number of carbonyl (C=O) groups excluding carboxylic acids is 1. The van der Waals surface area contributed by atoms with Gasteiger partial charge in [-0.3, -0.25) is 15.6 Å². The maximum Gasteiger partial charge on any atom is 0.242 e. The fraction of sp³-hybridized carbons (Fsp3) is 0.263. The molecule has 0 bridgehead atoms. The minimum atomic E-state index is -0.0198. The smallest absolute Gasteiger partial charge is 0.242 e. The molecule has 0 heterocycles. The van der Waals surface area contributed by atoms with Gasteiger partial charge in [-0.2, -0.15) is 0 Å². The molecular formula is C19H21N3OS. The molecule has 0 saturated heterocycles. The first kappa shape index (κ1) is 16.5. The predicted molar refractivity (Wildman–Crippen MR) is 101 cm³/mol. The van der Waals surface area contributed by atoms with Crippen molar-refractivity contribution >= 4 is 28.9 Å². The van der Waals surface area contributed by atoms with E-state index in [2.05, 4.69) is 47.4 Å². The summed E-state index contributed by atoms with van der Waals surface area (Å²) >= 11 is 5.19. The Morgan fingerprint density at radius 2 is 1.54 bits per heavy atom. The normalized spacial score (nSPS) is 18.6. The Bertz CT molecular complexity index is 740. The zero-order chi connectivity index (χ0) is 17.1. The Morgan fingerprint density at radius 3 is 2.17 bits per heavy atom. The second-order valence-corrected chi connectivity index (χ2v) is 6.70. The molecule has 1 aliphatic carbocycles. The van der Waals surface area contributed by atoms with Crippen molar-refractivity contribution in [3.05, 3.63) is 65.2 Å². The summed E-state index contributed by atoms with van der Waals surface area (Å²) in [6.45, 7) is 4.09. The number of hydrogen-bond donors (Lipinski definition) is 3. The zero-order valence-electron chi connectivity index (χ0n) is 13.8. The van der Waals surface area contributed by atoms with Crippen molar-refractivity contribution < 1.29 is 4.79 Å². The van der Waals surface area contributed by atoms with Crippen molar-refractivity contribution in [3.8, 4) is 0 Å². The van der Waals surface area contributed by atoms with E-state index < -0.39 is 0 Å². The van der Waals surface area contributed by atoms with Crippen LogP contribution in [-0.4, -0.2) is 11.0 Å². The minimum Gasteiger partial charge on any atom is -0.331 e. The second-order valence-electron chi connectivity index (χ2n) is 6.29. The van der Waals surface area contributed by atoms with Crippen molar-refractivity contribution in [1.29, 1.82) is 0 Å². The molecular weight excluding hydrogens is 318 g/mol. The van der Waals surface area contributed by atoms with Crippen LogP contribution in [0.4, 0.5) is 5.69 Å². The van der Waals surface area contributed by atoms with Crippen LogP contribution in [-0.2, 0) is 4.79 Å². The van der Waals surface area contributed by atoms with Gasteiger partial charge < -0.3 is 5.32 Å². The molecule has 1 amide bonds.